The van der Waals surface area contributed by atoms with Gasteiger partial charge < -0.3 is 14.4 Å². The molecule has 1 heterocycles. The molecular formula is C14H17N3O3. The van der Waals surface area contributed by atoms with Crippen LogP contribution in [-0.4, -0.2) is 45.3 Å². The number of aromatic nitrogens is 2. The van der Waals surface area contributed by atoms with Gasteiger partial charge in [0, 0.05) is 23.7 Å². The van der Waals surface area contributed by atoms with E-state index in [0.717, 1.165) is 5.56 Å². The highest BCUT2D eigenvalue weighted by Crippen LogP contribution is 2.18. The van der Waals surface area contributed by atoms with Gasteiger partial charge in [0.1, 0.15) is 0 Å². The van der Waals surface area contributed by atoms with E-state index in [9.17, 15) is 4.79 Å². The molecule has 0 spiro atoms. The zero-order chi connectivity index (χ0) is 14.5. The van der Waals surface area contributed by atoms with Gasteiger partial charge in [-0.2, -0.15) is 0 Å². The van der Waals surface area contributed by atoms with Crippen molar-refractivity contribution in [1.82, 2.24) is 15.1 Å². The van der Waals surface area contributed by atoms with Crippen molar-refractivity contribution in [3.8, 4) is 11.5 Å². The summed E-state index contributed by atoms with van der Waals surface area (Å²) in [6, 6.07) is 6.99. The summed E-state index contributed by atoms with van der Waals surface area (Å²) in [4.78, 5) is 14.0. The molecule has 2 aromatic rings. The molecule has 0 fully saturated rings. The summed E-state index contributed by atoms with van der Waals surface area (Å²) in [6.45, 7) is 4.10. The first-order valence-electron chi connectivity index (χ1n) is 6.42. The van der Waals surface area contributed by atoms with Crippen LogP contribution >= 0.6 is 0 Å². The highest BCUT2D eigenvalue weighted by molar-refractivity contribution is 5.94. The van der Waals surface area contributed by atoms with E-state index in [1.54, 1.807) is 29.2 Å². The molecule has 6 nitrogen and oxygen atoms in total. The lowest BCUT2D eigenvalue weighted by Crippen LogP contribution is -2.38. The van der Waals surface area contributed by atoms with Crippen LogP contribution in [0.5, 0.6) is 0 Å². The number of aliphatic hydroxyl groups is 1. The Morgan fingerprint density at radius 1 is 1.35 bits per heavy atom. The number of amides is 1. The lowest BCUT2D eigenvalue weighted by atomic mass is 10.1. The zero-order valence-electron chi connectivity index (χ0n) is 11.5. The zero-order valence-corrected chi connectivity index (χ0v) is 11.5. The summed E-state index contributed by atoms with van der Waals surface area (Å²) in [5, 5.41) is 16.4. The molecule has 0 atom stereocenters. The van der Waals surface area contributed by atoms with Crippen LogP contribution in [0.2, 0.25) is 0 Å². The summed E-state index contributed by atoms with van der Waals surface area (Å²) in [5.41, 5.74) is 1.33. The third-order valence-corrected chi connectivity index (χ3v) is 2.96. The Morgan fingerprint density at radius 3 is 2.55 bits per heavy atom. The quantitative estimate of drug-likeness (QED) is 0.896. The summed E-state index contributed by atoms with van der Waals surface area (Å²) in [6.07, 6.45) is 1.26. The molecule has 20 heavy (non-hydrogen) atoms. The number of hydrogen-bond acceptors (Lipinski definition) is 5. The van der Waals surface area contributed by atoms with Gasteiger partial charge in [-0.25, -0.2) is 0 Å². The minimum Gasteiger partial charge on any atom is -0.423 e. The third-order valence-electron chi connectivity index (χ3n) is 2.96. The van der Waals surface area contributed by atoms with Crippen molar-refractivity contribution >= 4 is 5.91 Å². The Hall–Kier alpha value is -2.21. The maximum absolute atomic E-state index is 12.3. The molecule has 1 N–H and O–H groups in total. The first-order chi connectivity index (χ1) is 9.63. The maximum atomic E-state index is 12.3. The number of rotatable bonds is 5. The summed E-state index contributed by atoms with van der Waals surface area (Å²) < 4.78 is 5.09. The van der Waals surface area contributed by atoms with E-state index in [-0.39, 0.29) is 18.6 Å². The standard InChI is InChI=1S/C14H17N3O3/c1-10(2)17(7-8-18)14(19)12-5-3-11(4-6-12)13-16-15-9-20-13/h3-6,9-10,18H,7-8H2,1-2H3. The van der Waals surface area contributed by atoms with Crippen LogP contribution in [-0.2, 0) is 0 Å². The molecule has 0 saturated heterocycles. The Balaban J connectivity index is 2.18. The van der Waals surface area contributed by atoms with Crippen molar-refractivity contribution in [2.75, 3.05) is 13.2 Å². The first kappa shape index (κ1) is 14.2. The van der Waals surface area contributed by atoms with Gasteiger partial charge in [-0.15, -0.1) is 10.2 Å². The minimum absolute atomic E-state index is 0.0327. The van der Waals surface area contributed by atoms with Gasteiger partial charge in [-0.1, -0.05) is 0 Å². The van der Waals surface area contributed by atoms with Crippen LogP contribution in [0.4, 0.5) is 0 Å². The van der Waals surface area contributed by atoms with Crippen LogP contribution in [0.25, 0.3) is 11.5 Å². The van der Waals surface area contributed by atoms with E-state index in [4.69, 9.17) is 9.52 Å². The van der Waals surface area contributed by atoms with Crippen molar-refractivity contribution in [2.24, 2.45) is 0 Å². The number of carbonyl (C=O) groups excluding carboxylic acids is 1. The Bertz CT molecular complexity index is 550. The molecule has 0 aliphatic heterocycles. The SMILES string of the molecule is CC(C)N(CCO)C(=O)c1ccc(-c2nnco2)cc1. The van der Waals surface area contributed by atoms with Crippen molar-refractivity contribution < 1.29 is 14.3 Å². The third kappa shape index (κ3) is 3.03. The van der Waals surface area contributed by atoms with E-state index < -0.39 is 0 Å². The number of aliphatic hydroxyl groups excluding tert-OH is 1. The van der Waals surface area contributed by atoms with E-state index in [2.05, 4.69) is 10.2 Å². The highest BCUT2D eigenvalue weighted by atomic mass is 16.4. The van der Waals surface area contributed by atoms with Crippen molar-refractivity contribution in [3.63, 3.8) is 0 Å². The summed E-state index contributed by atoms with van der Waals surface area (Å²) >= 11 is 0. The lowest BCUT2D eigenvalue weighted by Gasteiger charge is -2.26. The smallest absolute Gasteiger partial charge is 0.254 e. The molecule has 2 rings (SSSR count). The monoisotopic (exact) mass is 275 g/mol. The van der Waals surface area contributed by atoms with Gasteiger partial charge in [0.25, 0.3) is 5.91 Å². The van der Waals surface area contributed by atoms with Gasteiger partial charge in [-0.3, -0.25) is 4.79 Å². The first-order valence-corrected chi connectivity index (χ1v) is 6.42. The number of carbonyl (C=O) groups is 1. The number of hydrogen-bond donors (Lipinski definition) is 1. The van der Waals surface area contributed by atoms with Crippen LogP contribution in [0.1, 0.15) is 24.2 Å². The van der Waals surface area contributed by atoms with Crippen LogP contribution in [0, 0.1) is 0 Å². The van der Waals surface area contributed by atoms with Gasteiger partial charge in [0.05, 0.1) is 6.61 Å². The van der Waals surface area contributed by atoms with Gasteiger partial charge >= 0.3 is 0 Å². The second-order valence-corrected chi connectivity index (χ2v) is 4.64. The van der Waals surface area contributed by atoms with E-state index in [1.165, 1.54) is 6.39 Å². The fourth-order valence-corrected chi connectivity index (χ4v) is 1.92. The molecule has 0 unspecified atom stereocenters. The van der Waals surface area contributed by atoms with Gasteiger partial charge in [-0.05, 0) is 38.1 Å². The Kier molecular flexibility index (Phi) is 4.47. The molecule has 0 saturated carbocycles. The van der Waals surface area contributed by atoms with E-state index in [1.807, 2.05) is 13.8 Å². The highest BCUT2D eigenvalue weighted by Gasteiger charge is 2.18. The average molecular weight is 275 g/mol. The Morgan fingerprint density at radius 2 is 2.05 bits per heavy atom. The second kappa shape index (κ2) is 6.29. The fourth-order valence-electron chi connectivity index (χ4n) is 1.92. The summed E-state index contributed by atoms with van der Waals surface area (Å²) in [5.74, 6) is 0.311. The lowest BCUT2D eigenvalue weighted by molar-refractivity contribution is 0.0665. The van der Waals surface area contributed by atoms with Crippen molar-refractivity contribution in [3.05, 3.63) is 36.2 Å². The molecule has 6 heteroatoms. The molecule has 1 aromatic carbocycles. The predicted molar refractivity (Wildman–Crippen MR) is 73.0 cm³/mol. The molecule has 106 valence electrons. The Labute approximate surface area is 117 Å². The van der Waals surface area contributed by atoms with Crippen LogP contribution < -0.4 is 0 Å². The number of nitrogens with zero attached hydrogens (tertiary/aromatic N) is 3. The van der Waals surface area contributed by atoms with E-state index >= 15 is 0 Å². The van der Waals surface area contributed by atoms with Crippen molar-refractivity contribution in [2.45, 2.75) is 19.9 Å². The number of benzene rings is 1. The van der Waals surface area contributed by atoms with E-state index in [0.29, 0.717) is 18.0 Å². The fraction of sp³-hybridized carbons (Fsp3) is 0.357. The van der Waals surface area contributed by atoms with Crippen LogP contribution in [0.15, 0.2) is 35.1 Å². The largest absolute Gasteiger partial charge is 0.423 e. The normalized spacial score (nSPS) is 10.8. The van der Waals surface area contributed by atoms with Crippen molar-refractivity contribution in [1.29, 1.82) is 0 Å². The molecule has 1 amide bonds. The molecule has 0 radical (unpaired) electrons. The van der Waals surface area contributed by atoms with Crippen LogP contribution in [0.3, 0.4) is 0 Å². The second-order valence-electron chi connectivity index (χ2n) is 4.64. The molecule has 0 aliphatic rings. The minimum atomic E-state index is -0.105. The molecule has 0 aliphatic carbocycles. The maximum Gasteiger partial charge on any atom is 0.254 e. The van der Waals surface area contributed by atoms with Gasteiger partial charge in [0.2, 0.25) is 12.3 Å². The predicted octanol–water partition coefficient (Wildman–Crippen LogP) is 1.58. The van der Waals surface area contributed by atoms with Gasteiger partial charge in [0.15, 0.2) is 0 Å². The molecule has 0 bridgehead atoms. The molecular weight excluding hydrogens is 258 g/mol. The topological polar surface area (TPSA) is 79.5 Å². The average Bonchev–Trinajstić information content (AvgIpc) is 2.98. The molecule has 1 aromatic heterocycles. The summed E-state index contributed by atoms with van der Waals surface area (Å²) in [7, 11) is 0.